The van der Waals surface area contributed by atoms with Gasteiger partial charge in [0.15, 0.2) is 0 Å². The van der Waals surface area contributed by atoms with Crippen molar-refractivity contribution in [3.8, 4) is 11.1 Å². The van der Waals surface area contributed by atoms with Gasteiger partial charge in [0.1, 0.15) is 0 Å². The average molecular weight is 701 g/mol. The quantitative estimate of drug-likeness (QED) is 0.289. The van der Waals surface area contributed by atoms with Gasteiger partial charge in [-0.3, -0.25) is 0 Å². The zero-order valence-electron chi connectivity index (χ0n) is 29.8. The number of hydrogen-bond acceptors (Lipinski definition) is 4. The molecule has 0 N–H and O–H groups in total. The highest BCUT2D eigenvalue weighted by molar-refractivity contribution is 8.04. The molecule has 3 heterocycles. The van der Waals surface area contributed by atoms with Crippen LogP contribution in [0.15, 0.2) is 156 Å². The molecule has 1 fully saturated rings. The molecule has 0 bridgehead atoms. The number of rotatable bonds is 5. The molecule has 0 aromatic heterocycles. The van der Waals surface area contributed by atoms with Crippen molar-refractivity contribution in [3.05, 3.63) is 161 Å². The standard InChI is InChI=1S/C48H48N2OS/c1-3-12-31(13-4-1)32-22-25-36-39-29-34(23-26-41(39)50(43(36)28-32)33-14-5-2-6-15-33)49(35-24-27-47-40(30-35)37-16-8-10-21-46(37)52-47)42-18-11-20-45-48(42)38-17-7-9-19-44(38)51-45/h1-8,11-14,16-18,20,22-28,33-35,38-41,44-45,47-48H,9-10,15,19,21,29-30H2. The van der Waals surface area contributed by atoms with Crippen LogP contribution >= 0.6 is 11.8 Å². The third kappa shape index (κ3) is 5.11. The number of hydrogen-bond donors (Lipinski definition) is 0. The second-order valence-corrected chi connectivity index (χ2v) is 17.5. The van der Waals surface area contributed by atoms with Crippen molar-refractivity contribution in [2.75, 3.05) is 4.90 Å². The zero-order chi connectivity index (χ0) is 34.2. The van der Waals surface area contributed by atoms with Crippen molar-refractivity contribution >= 4 is 17.4 Å². The van der Waals surface area contributed by atoms with E-state index >= 15 is 0 Å². The van der Waals surface area contributed by atoms with Gasteiger partial charge in [-0.1, -0.05) is 128 Å². The van der Waals surface area contributed by atoms with Crippen LogP contribution in [0.3, 0.4) is 0 Å². The molecule has 0 saturated carbocycles. The van der Waals surface area contributed by atoms with Gasteiger partial charge in [0.2, 0.25) is 0 Å². The van der Waals surface area contributed by atoms with Crippen molar-refractivity contribution in [1.29, 1.82) is 0 Å². The summed E-state index contributed by atoms with van der Waals surface area (Å²) in [7, 11) is 0. The summed E-state index contributed by atoms with van der Waals surface area (Å²) in [5.74, 6) is 1.84. The minimum atomic E-state index is 0.156. The van der Waals surface area contributed by atoms with E-state index in [-0.39, 0.29) is 6.10 Å². The van der Waals surface area contributed by atoms with E-state index < -0.39 is 0 Å². The molecule has 0 spiro atoms. The van der Waals surface area contributed by atoms with Crippen molar-refractivity contribution in [1.82, 2.24) is 4.90 Å². The first-order valence-electron chi connectivity index (χ1n) is 20.0. The molecule has 52 heavy (non-hydrogen) atoms. The zero-order valence-corrected chi connectivity index (χ0v) is 30.6. The number of fused-ring (bicyclic) bond motifs is 8. The van der Waals surface area contributed by atoms with E-state index in [2.05, 4.69) is 161 Å². The minimum absolute atomic E-state index is 0.156. The first-order chi connectivity index (χ1) is 25.8. The molecule has 9 aliphatic rings. The van der Waals surface area contributed by atoms with Gasteiger partial charge >= 0.3 is 0 Å². The smallest absolute Gasteiger partial charge is 0.0852 e. The molecule has 262 valence electrons. The highest BCUT2D eigenvalue weighted by Gasteiger charge is 2.51. The summed E-state index contributed by atoms with van der Waals surface area (Å²) in [5.41, 5.74) is 8.67. The number of benzene rings is 2. The fourth-order valence-electron chi connectivity index (χ4n) is 11.3. The fraction of sp³-hybridized carbons (Fsp3) is 0.375. The second-order valence-electron chi connectivity index (χ2n) is 16.3. The summed E-state index contributed by atoms with van der Waals surface area (Å²) in [6.07, 6.45) is 45.1. The van der Waals surface area contributed by atoms with E-state index in [9.17, 15) is 0 Å². The normalized spacial score (nSPS) is 37.3. The SMILES string of the molecule is C1=CCC(N2c3cc(-c4ccccc4)ccc3C3CC(N(C4=CC=CC5OC6CCC=CC6C45)C4C=CC5SC6=C(C=CCC6)C5C4)C=CC32)C=C1. The molecule has 2 aromatic carbocycles. The van der Waals surface area contributed by atoms with E-state index in [1.807, 2.05) is 0 Å². The van der Waals surface area contributed by atoms with E-state index in [1.165, 1.54) is 47.3 Å². The molecule has 11 atom stereocenters. The summed E-state index contributed by atoms with van der Waals surface area (Å²) < 4.78 is 6.83. The highest BCUT2D eigenvalue weighted by Crippen LogP contribution is 2.55. The summed E-state index contributed by atoms with van der Waals surface area (Å²) in [6.45, 7) is 0. The van der Waals surface area contributed by atoms with E-state index in [0.717, 1.165) is 25.7 Å². The molecule has 2 aromatic rings. The summed E-state index contributed by atoms with van der Waals surface area (Å²) in [4.78, 5) is 7.32. The molecular weight excluding hydrogens is 653 g/mol. The second kappa shape index (κ2) is 12.8. The van der Waals surface area contributed by atoms with E-state index in [4.69, 9.17) is 4.74 Å². The first kappa shape index (κ1) is 31.5. The molecule has 3 aliphatic heterocycles. The van der Waals surface area contributed by atoms with Gasteiger partial charge in [0, 0.05) is 52.4 Å². The van der Waals surface area contributed by atoms with Crippen LogP contribution in [-0.2, 0) is 4.74 Å². The molecule has 11 rings (SSSR count). The lowest BCUT2D eigenvalue weighted by molar-refractivity contribution is 0.0497. The van der Waals surface area contributed by atoms with Crippen LogP contribution in [-0.4, -0.2) is 46.5 Å². The third-order valence-corrected chi connectivity index (χ3v) is 15.1. The Hall–Kier alpha value is -3.99. The molecule has 0 radical (unpaired) electrons. The van der Waals surface area contributed by atoms with Gasteiger partial charge in [0.25, 0.3) is 0 Å². The highest BCUT2D eigenvalue weighted by atomic mass is 32.2. The maximum Gasteiger partial charge on any atom is 0.0852 e. The van der Waals surface area contributed by atoms with Gasteiger partial charge in [-0.25, -0.2) is 0 Å². The number of thioether (sulfide) groups is 1. The van der Waals surface area contributed by atoms with Crippen molar-refractivity contribution in [2.45, 2.75) is 92.5 Å². The molecule has 11 unspecified atom stereocenters. The lowest BCUT2D eigenvalue weighted by Crippen LogP contribution is -2.50. The maximum atomic E-state index is 6.83. The Morgan fingerprint density at radius 3 is 2.58 bits per heavy atom. The largest absolute Gasteiger partial charge is 0.370 e. The van der Waals surface area contributed by atoms with Crippen LogP contribution in [0.2, 0.25) is 0 Å². The predicted molar refractivity (Wildman–Crippen MR) is 216 cm³/mol. The number of ether oxygens (including phenoxy) is 1. The Morgan fingerprint density at radius 1 is 0.769 bits per heavy atom. The van der Waals surface area contributed by atoms with E-state index in [0.29, 0.717) is 59.2 Å². The monoisotopic (exact) mass is 700 g/mol. The van der Waals surface area contributed by atoms with Crippen LogP contribution in [0.25, 0.3) is 11.1 Å². The Bertz CT molecular complexity index is 2030. The van der Waals surface area contributed by atoms with Crippen molar-refractivity contribution in [2.24, 2.45) is 17.8 Å². The Balaban J connectivity index is 0.992. The van der Waals surface area contributed by atoms with Gasteiger partial charge in [0.05, 0.1) is 24.3 Å². The lowest BCUT2D eigenvalue weighted by Gasteiger charge is -2.48. The van der Waals surface area contributed by atoms with Crippen LogP contribution in [0, 0.1) is 17.8 Å². The topological polar surface area (TPSA) is 15.7 Å². The van der Waals surface area contributed by atoms with Crippen LogP contribution < -0.4 is 4.90 Å². The molecule has 6 aliphatic carbocycles. The summed E-state index contributed by atoms with van der Waals surface area (Å²) >= 11 is 2.15. The van der Waals surface area contributed by atoms with Crippen molar-refractivity contribution < 1.29 is 4.74 Å². The summed E-state index contributed by atoms with van der Waals surface area (Å²) in [6, 6.07) is 19.7. The van der Waals surface area contributed by atoms with Gasteiger partial charge in [-0.05, 0) is 84.3 Å². The third-order valence-electron chi connectivity index (χ3n) is 13.6. The Labute approximate surface area is 313 Å². The molecular formula is C48H48N2OS. The molecule has 4 heteroatoms. The minimum Gasteiger partial charge on any atom is -0.370 e. The van der Waals surface area contributed by atoms with Crippen LogP contribution in [0.5, 0.6) is 0 Å². The molecule has 0 amide bonds. The van der Waals surface area contributed by atoms with Gasteiger partial charge in [-0.2, -0.15) is 0 Å². The van der Waals surface area contributed by atoms with Crippen LogP contribution in [0.4, 0.5) is 5.69 Å². The number of allylic oxidation sites excluding steroid dienone is 9. The predicted octanol–water partition coefficient (Wildman–Crippen LogP) is 10.6. The average Bonchev–Trinajstić information content (AvgIpc) is 3.88. The lowest BCUT2D eigenvalue weighted by atomic mass is 9.75. The molecule has 1 saturated heterocycles. The maximum absolute atomic E-state index is 6.83. The molecule has 3 nitrogen and oxygen atoms in total. The Kier molecular flexibility index (Phi) is 7.79. The van der Waals surface area contributed by atoms with Gasteiger partial charge < -0.3 is 14.5 Å². The number of nitrogens with zero attached hydrogens (tertiary/aromatic N) is 2. The van der Waals surface area contributed by atoms with E-state index in [1.54, 1.807) is 10.5 Å². The summed E-state index contributed by atoms with van der Waals surface area (Å²) in [5, 5.41) is 0.581. The Morgan fingerprint density at radius 2 is 1.67 bits per heavy atom. The first-order valence-corrected chi connectivity index (χ1v) is 20.9. The van der Waals surface area contributed by atoms with Crippen molar-refractivity contribution in [3.63, 3.8) is 0 Å². The van der Waals surface area contributed by atoms with Gasteiger partial charge in [-0.15, -0.1) is 11.8 Å². The van der Waals surface area contributed by atoms with Crippen LogP contribution in [0.1, 0.15) is 56.4 Å². The number of anilines is 1. The fourth-order valence-corrected chi connectivity index (χ4v) is 12.8.